The van der Waals surface area contributed by atoms with E-state index < -0.39 is 5.69 Å². The Kier molecular flexibility index (Phi) is 5.76. The molecule has 0 spiro atoms. The Hall–Kier alpha value is -2.86. The smallest absolute Gasteiger partial charge is 0.332 e. The molecule has 1 aromatic heterocycles. The highest BCUT2D eigenvalue weighted by Gasteiger charge is 2.15. The number of carbonyl (C=O) groups is 1. The monoisotopic (exact) mass is 385 g/mol. The molecule has 6 nitrogen and oxygen atoms in total. The molecule has 0 aliphatic rings. The highest BCUT2D eigenvalue weighted by molar-refractivity contribution is 6.30. The molecule has 1 N–H and O–H groups in total. The Bertz CT molecular complexity index is 1100. The Morgan fingerprint density at radius 3 is 2.59 bits per heavy atom. The third-order valence-corrected chi connectivity index (χ3v) is 4.47. The van der Waals surface area contributed by atoms with Gasteiger partial charge in [0.25, 0.3) is 5.56 Å². The summed E-state index contributed by atoms with van der Waals surface area (Å²) in [6.45, 7) is 2.43. The highest BCUT2D eigenvalue weighted by atomic mass is 35.5. The molecule has 1 amide bonds. The van der Waals surface area contributed by atoms with Crippen molar-refractivity contribution in [3.8, 4) is 0 Å². The lowest BCUT2D eigenvalue weighted by molar-refractivity contribution is -0.121. The number of nitrogens with zero attached hydrogens (tertiary/aromatic N) is 2. The van der Waals surface area contributed by atoms with Crippen LogP contribution in [-0.4, -0.2) is 21.6 Å². The Balaban J connectivity index is 2.12. The van der Waals surface area contributed by atoms with Gasteiger partial charge in [-0.05, 0) is 36.2 Å². The lowest BCUT2D eigenvalue weighted by Crippen LogP contribution is -2.42. The molecule has 3 rings (SSSR count). The minimum absolute atomic E-state index is 0.0830. The minimum atomic E-state index is -0.523. The van der Waals surface area contributed by atoms with Gasteiger partial charge in [0.15, 0.2) is 0 Å². The van der Waals surface area contributed by atoms with Crippen molar-refractivity contribution in [2.45, 2.75) is 26.4 Å². The van der Waals surface area contributed by atoms with E-state index in [4.69, 9.17) is 11.6 Å². The van der Waals surface area contributed by atoms with E-state index in [0.29, 0.717) is 22.5 Å². The molecule has 7 heteroatoms. The lowest BCUT2D eigenvalue weighted by Gasteiger charge is -2.14. The minimum Gasteiger partial charge on any atom is -0.355 e. The van der Waals surface area contributed by atoms with E-state index in [0.717, 1.165) is 16.6 Å². The van der Waals surface area contributed by atoms with E-state index in [9.17, 15) is 14.4 Å². The third kappa shape index (κ3) is 4.11. The molecule has 3 aromatic rings. The molecular weight excluding hydrogens is 366 g/mol. The average molecular weight is 386 g/mol. The molecule has 0 saturated carbocycles. The maximum Gasteiger partial charge on any atom is 0.332 e. The van der Waals surface area contributed by atoms with Crippen LogP contribution in [0.1, 0.15) is 18.9 Å². The molecule has 2 aromatic carbocycles. The van der Waals surface area contributed by atoms with Crippen LogP contribution in [0, 0.1) is 0 Å². The summed E-state index contributed by atoms with van der Waals surface area (Å²) in [7, 11) is 0. The quantitative estimate of drug-likeness (QED) is 0.708. The molecule has 0 unspecified atom stereocenters. The number of amides is 1. The topological polar surface area (TPSA) is 73.1 Å². The Labute approximate surface area is 161 Å². The second-order valence-electron chi connectivity index (χ2n) is 6.26. The zero-order valence-electron chi connectivity index (χ0n) is 14.9. The zero-order chi connectivity index (χ0) is 19.4. The van der Waals surface area contributed by atoms with Crippen molar-refractivity contribution in [1.82, 2.24) is 14.5 Å². The van der Waals surface area contributed by atoms with Crippen molar-refractivity contribution in [1.29, 1.82) is 0 Å². The fraction of sp³-hybridized carbons (Fsp3) is 0.250. The first-order valence-electron chi connectivity index (χ1n) is 8.74. The average Bonchev–Trinajstić information content (AvgIpc) is 2.67. The fourth-order valence-electron chi connectivity index (χ4n) is 2.94. The zero-order valence-corrected chi connectivity index (χ0v) is 15.7. The summed E-state index contributed by atoms with van der Waals surface area (Å²) >= 11 is 6.01. The van der Waals surface area contributed by atoms with Crippen molar-refractivity contribution in [2.24, 2.45) is 0 Å². The maximum atomic E-state index is 13.0. The molecule has 0 fully saturated rings. The van der Waals surface area contributed by atoms with Crippen molar-refractivity contribution < 1.29 is 4.79 Å². The first-order chi connectivity index (χ1) is 13.0. The fourth-order valence-corrected chi connectivity index (χ4v) is 3.16. The molecule has 0 aliphatic heterocycles. The van der Waals surface area contributed by atoms with Gasteiger partial charge in [0.05, 0.1) is 17.4 Å². The van der Waals surface area contributed by atoms with Crippen molar-refractivity contribution >= 4 is 28.4 Å². The normalized spacial score (nSPS) is 10.9. The van der Waals surface area contributed by atoms with Crippen LogP contribution in [0.15, 0.2) is 58.1 Å². The van der Waals surface area contributed by atoms with E-state index in [1.165, 1.54) is 4.57 Å². The van der Waals surface area contributed by atoms with E-state index >= 15 is 0 Å². The second-order valence-corrected chi connectivity index (χ2v) is 6.69. The molecule has 0 radical (unpaired) electrons. The number of rotatable bonds is 6. The van der Waals surface area contributed by atoms with Crippen LogP contribution >= 0.6 is 11.6 Å². The van der Waals surface area contributed by atoms with Gasteiger partial charge in [0.2, 0.25) is 5.91 Å². The summed E-state index contributed by atoms with van der Waals surface area (Å²) < 4.78 is 2.48. The number of benzene rings is 2. The van der Waals surface area contributed by atoms with Gasteiger partial charge in [-0.1, -0.05) is 42.8 Å². The largest absolute Gasteiger partial charge is 0.355 e. The van der Waals surface area contributed by atoms with Gasteiger partial charge in [-0.2, -0.15) is 0 Å². The first kappa shape index (κ1) is 18.9. The summed E-state index contributed by atoms with van der Waals surface area (Å²) in [4.78, 5) is 38.1. The van der Waals surface area contributed by atoms with Crippen molar-refractivity contribution in [3.05, 3.63) is 80.0 Å². The Morgan fingerprint density at radius 1 is 1.07 bits per heavy atom. The summed E-state index contributed by atoms with van der Waals surface area (Å²) in [5.74, 6) is -0.267. The van der Waals surface area contributed by atoms with Crippen molar-refractivity contribution in [2.75, 3.05) is 6.54 Å². The van der Waals surface area contributed by atoms with Crippen LogP contribution in [0.4, 0.5) is 0 Å². The van der Waals surface area contributed by atoms with Crippen LogP contribution in [0.25, 0.3) is 10.9 Å². The second kappa shape index (κ2) is 8.22. The van der Waals surface area contributed by atoms with Gasteiger partial charge in [-0.25, -0.2) is 4.79 Å². The number of aromatic nitrogens is 2. The predicted molar refractivity (Wildman–Crippen MR) is 106 cm³/mol. The number of hydrogen-bond acceptors (Lipinski definition) is 3. The number of carbonyl (C=O) groups excluding carboxylic acids is 1. The summed E-state index contributed by atoms with van der Waals surface area (Å²) in [6.07, 6.45) is 0.801. The van der Waals surface area contributed by atoms with Crippen LogP contribution in [0.5, 0.6) is 0 Å². The van der Waals surface area contributed by atoms with Gasteiger partial charge >= 0.3 is 5.69 Å². The molecule has 0 aliphatic carbocycles. The summed E-state index contributed by atoms with van der Waals surface area (Å²) in [5.41, 5.74) is 0.270. The third-order valence-electron chi connectivity index (χ3n) is 4.24. The maximum absolute atomic E-state index is 13.0. The molecule has 1 heterocycles. The Morgan fingerprint density at radius 2 is 1.85 bits per heavy atom. The summed E-state index contributed by atoms with van der Waals surface area (Å²) in [6, 6.07) is 13.8. The molecule has 0 bridgehead atoms. The van der Waals surface area contributed by atoms with E-state index in [1.807, 2.05) is 6.92 Å². The molecule has 27 heavy (non-hydrogen) atoms. The number of halogens is 1. The molecule has 0 atom stereocenters. The SMILES string of the molecule is CCCNC(=O)Cn1c(=O)n(Cc2cccc(Cl)c2)c(=O)c2ccccc21. The first-order valence-corrected chi connectivity index (χ1v) is 9.12. The van der Waals surface area contributed by atoms with Gasteiger partial charge in [-0.15, -0.1) is 0 Å². The van der Waals surface area contributed by atoms with E-state index in [-0.39, 0.29) is 24.6 Å². The van der Waals surface area contributed by atoms with Crippen LogP contribution < -0.4 is 16.6 Å². The molecule has 140 valence electrons. The number of para-hydroxylation sites is 1. The van der Waals surface area contributed by atoms with Gasteiger partial charge in [-0.3, -0.25) is 18.7 Å². The van der Waals surface area contributed by atoms with E-state index in [1.54, 1.807) is 48.5 Å². The number of fused-ring (bicyclic) bond motifs is 1. The van der Waals surface area contributed by atoms with Crippen LogP contribution in [-0.2, 0) is 17.9 Å². The highest BCUT2D eigenvalue weighted by Crippen LogP contribution is 2.12. The van der Waals surface area contributed by atoms with Gasteiger partial charge in [0, 0.05) is 11.6 Å². The standard InChI is InChI=1S/C20H20ClN3O3/c1-2-10-22-18(25)13-23-17-9-4-3-8-16(17)19(26)24(20(23)27)12-14-6-5-7-15(21)11-14/h3-9,11H,2,10,12-13H2,1H3,(H,22,25). The molecule has 0 saturated heterocycles. The van der Waals surface area contributed by atoms with Crippen molar-refractivity contribution in [3.63, 3.8) is 0 Å². The number of nitrogens with one attached hydrogen (secondary N) is 1. The van der Waals surface area contributed by atoms with Gasteiger partial charge in [0.1, 0.15) is 6.54 Å². The van der Waals surface area contributed by atoms with Crippen LogP contribution in [0.3, 0.4) is 0 Å². The lowest BCUT2D eigenvalue weighted by atomic mass is 10.2. The van der Waals surface area contributed by atoms with Crippen LogP contribution in [0.2, 0.25) is 5.02 Å². The summed E-state index contributed by atoms with van der Waals surface area (Å²) in [5, 5.41) is 3.68. The molecular formula is C20H20ClN3O3. The number of hydrogen-bond donors (Lipinski definition) is 1. The predicted octanol–water partition coefficient (Wildman–Crippen LogP) is 2.39. The van der Waals surface area contributed by atoms with Gasteiger partial charge < -0.3 is 5.32 Å². The van der Waals surface area contributed by atoms with E-state index in [2.05, 4.69) is 5.32 Å².